The topological polar surface area (TPSA) is 95.1 Å². The number of carbonyl (C=O) groups excluding carboxylic acids is 1. The molecule has 0 aliphatic heterocycles. The Balaban J connectivity index is 1.69. The summed E-state index contributed by atoms with van der Waals surface area (Å²) in [7, 11) is 0. The number of hydrogen-bond acceptors (Lipinski definition) is 4. The molecule has 3 rings (SSSR count). The third kappa shape index (κ3) is 3.92. The third-order valence-electron chi connectivity index (χ3n) is 4.07. The van der Waals surface area contributed by atoms with E-state index in [1.807, 2.05) is 24.3 Å². The van der Waals surface area contributed by atoms with Gasteiger partial charge in [-0.05, 0) is 30.7 Å². The van der Waals surface area contributed by atoms with E-state index < -0.39 is 5.91 Å². The third-order valence-corrected chi connectivity index (χ3v) is 4.07. The lowest BCUT2D eigenvalue weighted by Gasteiger charge is -2.14. The second-order valence-electron chi connectivity index (χ2n) is 5.86. The molecule has 0 radical (unpaired) electrons. The van der Waals surface area contributed by atoms with Gasteiger partial charge in [0.25, 0.3) is 5.91 Å². The Morgan fingerprint density at radius 1 is 1.20 bits per heavy atom. The molecule has 2 heterocycles. The van der Waals surface area contributed by atoms with Crippen LogP contribution in [0.5, 0.6) is 0 Å². The molecule has 1 unspecified atom stereocenters. The number of aromatic amines is 1. The van der Waals surface area contributed by atoms with E-state index in [-0.39, 0.29) is 30.1 Å². The van der Waals surface area contributed by atoms with Gasteiger partial charge in [0.05, 0.1) is 0 Å². The van der Waals surface area contributed by atoms with Gasteiger partial charge >= 0.3 is 0 Å². The molecule has 2 aromatic heterocycles. The van der Waals surface area contributed by atoms with Crippen molar-refractivity contribution in [2.24, 2.45) is 5.92 Å². The highest BCUT2D eigenvalue weighted by Crippen LogP contribution is 2.08. The van der Waals surface area contributed by atoms with Gasteiger partial charge < -0.3 is 15.4 Å². The smallest absolute Gasteiger partial charge is 0.256 e. The molecule has 0 saturated heterocycles. The van der Waals surface area contributed by atoms with Gasteiger partial charge in [0.1, 0.15) is 5.56 Å². The maximum Gasteiger partial charge on any atom is 0.256 e. The maximum atomic E-state index is 12.4. The van der Waals surface area contributed by atoms with Crippen LogP contribution >= 0.6 is 0 Å². The van der Waals surface area contributed by atoms with Crippen LogP contribution in [0, 0.1) is 5.92 Å². The van der Waals surface area contributed by atoms with Crippen molar-refractivity contribution >= 4 is 16.8 Å². The number of aromatic nitrogens is 2. The van der Waals surface area contributed by atoms with Gasteiger partial charge in [-0.25, -0.2) is 0 Å². The minimum atomic E-state index is -0.452. The summed E-state index contributed by atoms with van der Waals surface area (Å²) < 4.78 is 0. The Kier molecular flexibility index (Phi) is 5.20. The van der Waals surface area contributed by atoms with Crippen LogP contribution in [0.1, 0.15) is 16.1 Å². The highest BCUT2D eigenvalue weighted by molar-refractivity contribution is 5.97. The van der Waals surface area contributed by atoms with Crippen LogP contribution in [-0.4, -0.2) is 34.1 Å². The number of amides is 1. The van der Waals surface area contributed by atoms with Crippen LogP contribution in [0.15, 0.2) is 59.7 Å². The predicted octanol–water partition coefficient (Wildman–Crippen LogP) is 1.50. The molecule has 25 heavy (non-hydrogen) atoms. The molecule has 0 aliphatic rings. The zero-order valence-corrected chi connectivity index (χ0v) is 13.6. The van der Waals surface area contributed by atoms with Gasteiger partial charge in [-0.3, -0.25) is 14.6 Å². The van der Waals surface area contributed by atoms with E-state index >= 15 is 0 Å². The number of H-pyrrole nitrogens is 1. The van der Waals surface area contributed by atoms with Crippen LogP contribution in [0.3, 0.4) is 0 Å². The summed E-state index contributed by atoms with van der Waals surface area (Å²) in [6.45, 7) is 0.184. The first-order valence-corrected chi connectivity index (χ1v) is 8.08. The minimum Gasteiger partial charge on any atom is -0.396 e. The number of hydrogen-bond donors (Lipinski definition) is 3. The quantitative estimate of drug-likeness (QED) is 0.635. The van der Waals surface area contributed by atoms with E-state index in [1.54, 1.807) is 24.4 Å². The standard InChI is InChI=1S/C19H19N3O3/c23-12-13(9-14-5-3-4-8-20-14)10-22-19(25)16-11-21-17-7-2-1-6-15(17)18(16)24/h1-8,11,13,23H,9-10,12H2,(H,21,24)(H,22,25). The molecule has 1 atom stereocenters. The fourth-order valence-corrected chi connectivity index (χ4v) is 2.68. The lowest BCUT2D eigenvalue weighted by Crippen LogP contribution is -2.34. The number of aliphatic hydroxyl groups is 1. The summed E-state index contributed by atoms with van der Waals surface area (Å²) in [5, 5.41) is 12.7. The van der Waals surface area contributed by atoms with Gasteiger partial charge in [0, 0.05) is 48.1 Å². The molecule has 1 aromatic carbocycles. The lowest BCUT2D eigenvalue weighted by molar-refractivity contribution is 0.0938. The first-order valence-electron chi connectivity index (χ1n) is 8.08. The van der Waals surface area contributed by atoms with Crippen molar-refractivity contribution in [1.82, 2.24) is 15.3 Å². The molecule has 6 nitrogen and oxygen atoms in total. The highest BCUT2D eigenvalue weighted by atomic mass is 16.3. The number of nitrogens with zero attached hydrogens (tertiary/aromatic N) is 1. The summed E-state index contributed by atoms with van der Waals surface area (Å²) in [6.07, 6.45) is 3.66. The monoisotopic (exact) mass is 337 g/mol. The lowest BCUT2D eigenvalue weighted by atomic mass is 10.0. The molecule has 0 fully saturated rings. The number of aliphatic hydroxyl groups excluding tert-OH is 1. The molecular formula is C19H19N3O3. The minimum absolute atomic E-state index is 0.0632. The van der Waals surface area contributed by atoms with Crippen molar-refractivity contribution in [1.29, 1.82) is 0 Å². The number of nitrogens with one attached hydrogen (secondary N) is 2. The Hall–Kier alpha value is -2.99. The van der Waals surface area contributed by atoms with E-state index in [1.165, 1.54) is 6.20 Å². The van der Waals surface area contributed by atoms with E-state index in [2.05, 4.69) is 15.3 Å². The summed E-state index contributed by atoms with van der Waals surface area (Å²) in [4.78, 5) is 32.0. The maximum absolute atomic E-state index is 12.4. The van der Waals surface area contributed by atoms with E-state index in [4.69, 9.17) is 0 Å². The molecule has 0 saturated carbocycles. The fourth-order valence-electron chi connectivity index (χ4n) is 2.68. The Morgan fingerprint density at radius 2 is 2.00 bits per heavy atom. The molecule has 0 aliphatic carbocycles. The van der Waals surface area contributed by atoms with Crippen LogP contribution in [0.4, 0.5) is 0 Å². The Morgan fingerprint density at radius 3 is 2.76 bits per heavy atom. The van der Waals surface area contributed by atoms with E-state index in [0.717, 1.165) is 5.69 Å². The van der Waals surface area contributed by atoms with Crippen molar-refractivity contribution in [3.05, 3.63) is 76.3 Å². The molecule has 128 valence electrons. The number of pyridine rings is 2. The van der Waals surface area contributed by atoms with Gasteiger partial charge in [-0.2, -0.15) is 0 Å². The van der Waals surface area contributed by atoms with Crippen LogP contribution < -0.4 is 10.7 Å². The zero-order valence-electron chi connectivity index (χ0n) is 13.6. The van der Waals surface area contributed by atoms with E-state index in [9.17, 15) is 14.7 Å². The number of benzene rings is 1. The van der Waals surface area contributed by atoms with Crippen LogP contribution in [0.2, 0.25) is 0 Å². The van der Waals surface area contributed by atoms with Gasteiger partial charge in [-0.15, -0.1) is 0 Å². The number of para-hydroxylation sites is 1. The van der Waals surface area contributed by atoms with Crippen molar-refractivity contribution in [3.8, 4) is 0 Å². The van der Waals surface area contributed by atoms with Crippen LogP contribution in [0.25, 0.3) is 10.9 Å². The number of rotatable bonds is 6. The summed E-state index contributed by atoms with van der Waals surface area (Å²) in [5.74, 6) is -0.620. The predicted molar refractivity (Wildman–Crippen MR) is 95.4 cm³/mol. The first kappa shape index (κ1) is 16.9. The van der Waals surface area contributed by atoms with Crippen molar-refractivity contribution in [2.45, 2.75) is 6.42 Å². The zero-order chi connectivity index (χ0) is 17.6. The molecule has 3 aromatic rings. The van der Waals surface area contributed by atoms with E-state index in [0.29, 0.717) is 17.3 Å². The largest absolute Gasteiger partial charge is 0.396 e. The van der Waals surface area contributed by atoms with Crippen molar-refractivity contribution in [3.63, 3.8) is 0 Å². The number of fused-ring (bicyclic) bond motifs is 1. The Labute approximate surface area is 144 Å². The van der Waals surface area contributed by atoms with Gasteiger partial charge in [0.15, 0.2) is 0 Å². The summed E-state index contributed by atoms with van der Waals surface area (Å²) in [5.41, 5.74) is 1.29. The van der Waals surface area contributed by atoms with Crippen molar-refractivity contribution < 1.29 is 9.90 Å². The average molecular weight is 337 g/mol. The molecular weight excluding hydrogens is 318 g/mol. The second kappa shape index (κ2) is 7.72. The first-order chi connectivity index (χ1) is 12.2. The second-order valence-corrected chi connectivity index (χ2v) is 5.86. The van der Waals surface area contributed by atoms with Gasteiger partial charge in [0.2, 0.25) is 5.43 Å². The van der Waals surface area contributed by atoms with Crippen LogP contribution in [-0.2, 0) is 6.42 Å². The average Bonchev–Trinajstić information content (AvgIpc) is 2.66. The highest BCUT2D eigenvalue weighted by Gasteiger charge is 2.15. The normalized spacial score (nSPS) is 12.0. The molecule has 0 bridgehead atoms. The molecule has 3 N–H and O–H groups in total. The van der Waals surface area contributed by atoms with Crippen molar-refractivity contribution in [2.75, 3.05) is 13.2 Å². The number of carbonyl (C=O) groups is 1. The Bertz CT molecular complexity index is 922. The summed E-state index contributed by atoms with van der Waals surface area (Å²) in [6, 6.07) is 12.6. The fraction of sp³-hybridized carbons (Fsp3) is 0.211. The summed E-state index contributed by atoms with van der Waals surface area (Å²) >= 11 is 0. The SMILES string of the molecule is O=C(NCC(CO)Cc1ccccn1)c1c[nH]c2ccccc2c1=O. The molecule has 1 amide bonds. The van der Waals surface area contributed by atoms with Gasteiger partial charge in [-0.1, -0.05) is 18.2 Å². The molecule has 6 heteroatoms. The molecule has 0 spiro atoms.